The average Bonchev–Trinajstić information content (AvgIpc) is 2.16. The van der Waals surface area contributed by atoms with Crippen molar-refractivity contribution in [1.82, 2.24) is 4.90 Å². The van der Waals surface area contributed by atoms with Crippen molar-refractivity contribution in [2.24, 2.45) is 5.73 Å². The van der Waals surface area contributed by atoms with Gasteiger partial charge >= 0.3 is 0 Å². The van der Waals surface area contributed by atoms with Gasteiger partial charge in [0.25, 0.3) is 0 Å². The van der Waals surface area contributed by atoms with Crippen molar-refractivity contribution in [3.8, 4) is 0 Å². The van der Waals surface area contributed by atoms with Crippen LogP contribution >= 0.6 is 12.4 Å². The van der Waals surface area contributed by atoms with Crippen LogP contribution in [0.3, 0.4) is 0 Å². The highest BCUT2D eigenvalue weighted by atomic mass is 35.5. The minimum Gasteiger partial charge on any atom is -0.313 e. The first-order chi connectivity index (χ1) is 5.26. The van der Waals surface area contributed by atoms with Gasteiger partial charge in [-0.05, 0) is 38.6 Å². The van der Waals surface area contributed by atoms with E-state index in [0.29, 0.717) is 0 Å². The van der Waals surface area contributed by atoms with E-state index in [-0.39, 0.29) is 18.1 Å². The maximum Gasteiger partial charge on any atom is 0.0690 e. The molecule has 2 N–H and O–H groups in total. The fourth-order valence-corrected chi connectivity index (χ4v) is 2.87. The van der Waals surface area contributed by atoms with Gasteiger partial charge in [-0.25, -0.2) is 0 Å². The minimum atomic E-state index is 0. The second-order valence-electron chi connectivity index (χ2n) is 3.97. The molecule has 2 saturated heterocycles. The predicted octanol–water partition coefficient (Wildman–Crippen LogP) is 1.73. The van der Waals surface area contributed by atoms with Crippen LogP contribution in [0.2, 0.25) is 0 Å². The van der Waals surface area contributed by atoms with E-state index in [1.165, 1.54) is 32.1 Å². The van der Waals surface area contributed by atoms with E-state index in [9.17, 15) is 0 Å². The van der Waals surface area contributed by atoms with Crippen molar-refractivity contribution >= 4 is 12.4 Å². The number of nitrogens with zero attached hydrogens (tertiary/aromatic N) is 1. The first-order valence-electron chi connectivity index (χ1n) is 4.82. The summed E-state index contributed by atoms with van der Waals surface area (Å²) < 4.78 is 0. The Morgan fingerprint density at radius 1 is 1.42 bits per heavy atom. The van der Waals surface area contributed by atoms with E-state index < -0.39 is 0 Å². The van der Waals surface area contributed by atoms with Crippen molar-refractivity contribution in [2.75, 3.05) is 6.54 Å². The molecular weight excluding hydrogens is 172 g/mol. The van der Waals surface area contributed by atoms with E-state index in [1.807, 2.05) is 0 Å². The number of fused-ring (bicyclic) bond motifs is 2. The van der Waals surface area contributed by atoms with Crippen LogP contribution in [0.15, 0.2) is 0 Å². The number of nitrogens with two attached hydrogens (primary N) is 1. The molecular formula is C9H19ClN2. The quantitative estimate of drug-likeness (QED) is 0.683. The van der Waals surface area contributed by atoms with Crippen LogP contribution in [-0.2, 0) is 0 Å². The van der Waals surface area contributed by atoms with Crippen molar-refractivity contribution in [2.45, 2.75) is 50.7 Å². The van der Waals surface area contributed by atoms with Crippen LogP contribution in [-0.4, -0.2) is 23.1 Å². The molecule has 3 heteroatoms. The smallest absolute Gasteiger partial charge is 0.0690 e. The fraction of sp³-hybridized carbons (Fsp3) is 1.00. The molecule has 2 nitrogen and oxygen atoms in total. The molecule has 0 aromatic carbocycles. The van der Waals surface area contributed by atoms with Crippen LogP contribution in [0.5, 0.6) is 0 Å². The lowest BCUT2D eigenvalue weighted by molar-refractivity contribution is 0.0640. The van der Waals surface area contributed by atoms with Gasteiger partial charge < -0.3 is 5.73 Å². The third-order valence-electron chi connectivity index (χ3n) is 3.41. The highest BCUT2D eigenvalue weighted by molar-refractivity contribution is 5.85. The molecule has 2 aliphatic rings. The molecule has 0 spiro atoms. The highest BCUT2D eigenvalue weighted by Gasteiger charge is 2.44. The lowest BCUT2D eigenvalue weighted by atomic mass is 9.98. The van der Waals surface area contributed by atoms with E-state index in [0.717, 1.165) is 12.6 Å². The van der Waals surface area contributed by atoms with E-state index >= 15 is 0 Å². The normalized spacial score (nSPS) is 41.0. The zero-order valence-corrected chi connectivity index (χ0v) is 8.57. The maximum atomic E-state index is 6.28. The average molecular weight is 191 g/mol. The zero-order chi connectivity index (χ0) is 7.90. The second-order valence-corrected chi connectivity index (χ2v) is 3.97. The molecule has 2 bridgehead atoms. The summed E-state index contributed by atoms with van der Waals surface area (Å²) in [5.41, 5.74) is 6.38. The fourth-order valence-electron chi connectivity index (χ4n) is 2.87. The van der Waals surface area contributed by atoms with Gasteiger partial charge in [0.2, 0.25) is 0 Å². The summed E-state index contributed by atoms with van der Waals surface area (Å²) in [6.07, 6.45) is 6.51. The third-order valence-corrected chi connectivity index (χ3v) is 3.41. The maximum absolute atomic E-state index is 6.28. The number of hydrogen-bond acceptors (Lipinski definition) is 2. The van der Waals surface area contributed by atoms with E-state index in [2.05, 4.69) is 11.8 Å². The molecule has 0 saturated carbocycles. The summed E-state index contributed by atoms with van der Waals surface area (Å²) >= 11 is 0. The Balaban J connectivity index is 0.000000720. The molecule has 72 valence electrons. The molecule has 0 unspecified atom stereocenters. The molecule has 2 rings (SSSR count). The predicted molar refractivity (Wildman–Crippen MR) is 53.4 cm³/mol. The van der Waals surface area contributed by atoms with Crippen molar-refractivity contribution in [3.05, 3.63) is 0 Å². The van der Waals surface area contributed by atoms with E-state index in [4.69, 9.17) is 5.73 Å². The Bertz CT molecular complexity index is 159. The van der Waals surface area contributed by atoms with E-state index in [1.54, 1.807) is 0 Å². The van der Waals surface area contributed by atoms with Crippen LogP contribution in [0, 0.1) is 0 Å². The van der Waals surface area contributed by atoms with Crippen LogP contribution in [0.25, 0.3) is 0 Å². The standard InChI is InChI=1S/C9H18N2.ClH/c1-2-11-8-4-3-6-9(11,10)7-5-8;/h8H,2-7,10H2,1H3;1H/t8-,9+;/m0./s1. The minimum absolute atomic E-state index is 0. The summed E-state index contributed by atoms with van der Waals surface area (Å²) in [6, 6.07) is 0.818. The Kier molecular flexibility index (Phi) is 3.02. The lowest BCUT2D eigenvalue weighted by Gasteiger charge is -2.41. The van der Waals surface area contributed by atoms with Gasteiger partial charge in [-0.15, -0.1) is 12.4 Å². The van der Waals surface area contributed by atoms with Crippen LogP contribution in [0.1, 0.15) is 39.0 Å². The number of rotatable bonds is 1. The van der Waals surface area contributed by atoms with Gasteiger partial charge in [-0.2, -0.15) is 0 Å². The number of piperidine rings is 1. The summed E-state index contributed by atoms with van der Waals surface area (Å²) in [5, 5.41) is 0. The summed E-state index contributed by atoms with van der Waals surface area (Å²) in [4.78, 5) is 2.51. The van der Waals surface area contributed by atoms with Crippen molar-refractivity contribution < 1.29 is 0 Å². The monoisotopic (exact) mass is 190 g/mol. The molecule has 2 aliphatic heterocycles. The molecule has 0 aliphatic carbocycles. The van der Waals surface area contributed by atoms with Crippen LogP contribution < -0.4 is 5.73 Å². The largest absolute Gasteiger partial charge is 0.313 e. The van der Waals surface area contributed by atoms with Crippen molar-refractivity contribution in [3.63, 3.8) is 0 Å². The highest BCUT2D eigenvalue weighted by Crippen LogP contribution is 2.39. The first kappa shape index (κ1) is 10.3. The lowest BCUT2D eigenvalue weighted by Crippen LogP contribution is -2.56. The Labute approximate surface area is 80.9 Å². The number of hydrogen-bond donors (Lipinski definition) is 1. The Morgan fingerprint density at radius 2 is 2.17 bits per heavy atom. The zero-order valence-electron chi connectivity index (χ0n) is 7.75. The van der Waals surface area contributed by atoms with Gasteiger partial charge in [0.15, 0.2) is 0 Å². The molecule has 12 heavy (non-hydrogen) atoms. The molecule has 2 fully saturated rings. The van der Waals surface area contributed by atoms with Gasteiger partial charge in [-0.1, -0.05) is 6.92 Å². The van der Waals surface area contributed by atoms with Gasteiger partial charge in [0.05, 0.1) is 5.66 Å². The molecule has 2 heterocycles. The van der Waals surface area contributed by atoms with Crippen molar-refractivity contribution in [1.29, 1.82) is 0 Å². The Morgan fingerprint density at radius 3 is 2.67 bits per heavy atom. The van der Waals surface area contributed by atoms with Gasteiger partial charge in [-0.3, -0.25) is 4.90 Å². The molecule has 0 radical (unpaired) electrons. The summed E-state index contributed by atoms with van der Waals surface area (Å²) in [5.74, 6) is 0. The van der Waals surface area contributed by atoms with Gasteiger partial charge in [0.1, 0.15) is 0 Å². The summed E-state index contributed by atoms with van der Waals surface area (Å²) in [7, 11) is 0. The first-order valence-corrected chi connectivity index (χ1v) is 4.82. The topological polar surface area (TPSA) is 29.3 Å². The Hall–Kier alpha value is 0.210. The van der Waals surface area contributed by atoms with Gasteiger partial charge in [0, 0.05) is 6.04 Å². The third kappa shape index (κ3) is 1.36. The molecule has 0 aromatic heterocycles. The van der Waals surface area contributed by atoms with Crippen LogP contribution in [0.4, 0.5) is 0 Å². The summed E-state index contributed by atoms with van der Waals surface area (Å²) in [6.45, 7) is 3.37. The molecule has 0 amide bonds. The SMILES string of the molecule is CCN1[C@H]2CCC[C@]1(N)CC2.Cl. The molecule has 2 atom stereocenters. The second kappa shape index (κ2) is 3.52. The molecule has 0 aromatic rings. The number of halogens is 1.